The Morgan fingerprint density at radius 2 is 2.47 bits per heavy atom. The molecule has 1 saturated heterocycles. The molecule has 0 aromatic carbocycles. The fraction of sp³-hybridized carbons (Fsp3) is 0.500. The van der Waals surface area contributed by atoms with Crippen LogP contribution in [0.3, 0.4) is 0 Å². The second-order valence-electron chi connectivity index (χ2n) is 3.63. The van der Waals surface area contributed by atoms with E-state index in [1.54, 1.807) is 11.3 Å². The average Bonchev–Trinajstić information content (AvgIpc) is 2.64. The molecule has 2 heterocycles. The number of nitrogens with zero attached hydrogens (tertiary/aromatic N) is 1. The number of hydrogen-bond donors (Lipinski definition) is 0. The lowest BCUT2D eigenvalue weighted by molar-refractivity contribution is 0.0727. The van der Waals surface area contributed by atoms with Crippen LogP contribution in [0.25, 0.3) is 0 Å². The SMILES string of the molecule is O=C(c1csc(I)c1)N1CCCC(Cl)C1. The van der Waals surface area contributed by atoms with E-state index in [9.17, 15) is 4.79 Å². The summed E-state index contributed by atoms with van der Waals surface area (Å²) in [5, 5.41) is 2.04. The highest BCUT2D eigenvalue weighted by molar-refractivity contribution is 14.1. The largest absolute Gasteiger partial charge is 0.337 e. The van der Waals surface area contributed by atoms with E-state index in [1.807, 2.05) is 16.3 Å². The van der Waals surface area contributed by atoms with Crippen molar-refractivity contribution in [3.63, 3.8) is 0 Å². The molecule has 1 unspecified atom stereocenters. The van der Waals surface area contributed by atoms with Crippen LogP contribution in [0.5, 0.6) is 0 Å². The summed E-state index contributed by atoms with van der Waals surface area (Å²) < 4.78 is 1.15. The van der Waals surface area contributed by atoms with Crippen molar-refractivity contribution < 1.29 is 4.79 Å². The van der Waals surface area contributed by atoms with Crippen LogP contribution >= 0.6 is 45.5 Å². The molecule has 15 heavy (non-hydrogen) atoms. The van der Waals surface area contributed by atoms with E-state index in [1.165, 1.54) is 0 Å². The van der Waals surface area contributed by atoms with E-state index in [-0.39, 0.29) is 11.3 Å². The first kappa shape index (κ1) is 11.7. The van der Waals surface area contributed by atoms with Gasteiger partial charge in [-0.05, 0) is 41.5 Å². The molecule has 1 aliphatic rings. The summed E-state index contributed by atoms with van der Waals surface area (Å²) in [7, 11) is 0. The summed E-state index contributed by atoms with van der Waals surface area (Å²) in [6.45, 7) is 1.53. The first-order chi connectivity index (χ1) is 7.16. The highest BCUT2D eigenvalue weighted by Gasteiger charge is 2.23. The minimum atomic E-state index is 0.125. The molecular formula is C10H11ClINOS. The van der Waals surface area contributed by atoms with E-state index in [4.69, 9.17) is 11.6 Å². The molecule has 2 rings (SSSR count). The quantitative estimate of drug-likeness (QED) is 0.560. The molecule has 0 saturated carbocycles. The van der Waals surface area contributed by atoms with Crippen molar-refractivity contribution in [2.24, 2.45) is 0 Å². The molecule has 1 aromatic heterocycles. The predicted molar refractivity (Wildman–Crippen MR) is 71.8 cm³/mol. The second kappa shape index (κ2) is 5.01. The average molecular weight is 356 g/mol. The molecule has 2 nitrogen and oxygen atoms in total. The van der Waals surface area contributed by atoms with Gasteiger partial charge in [-0.2, -0.15) is 0 Å². The van der Waals surface area contributed by atoms with Crippen molar-refractivity contribution in [3.8, 4) is 0 Å². The smallest absolute Gasteiger partial charge is 0.254 e. The van der Waals surface area contributed by atoms with Gasteiger partial charge < -0.3 is 4.90 Å². The maximum absolute atomic E-state index is 12.0. The van der Waals surface area contributed by atoms with Crippen LogP contribution in [-0.4, -0.2) is 29.3 Å². The van der Waals surface area contributed by atoms with Crippen LogP contribution in [0.4, 0.5) is 0 Å². The number of carbonyl (C=O) groups is 1. The monoisotopic (exact) mass is 355 g/mol. The molecule has 1 amide bonds. The summed E-state index contributed by atoms with van der Waals surface area (Å²) >= 11 is 9.89. The lowest BCUT2D eigenvalue weighted by Gasteiger charge is -2.29. The van der Waals surface area contributed by atoms with Crippen molar-refractivity contribution in [3.05, 3.63) is 19.9 Å². The van der Waals surface area contributed by atoms with E-state index in [0.29, 0.717) is 6.54 Å². The molecule has 1 aromatic rings. The molecule has 0 bridgehead atoms. The Balaban J connectivity index is 2.07. The van der Waals surface area contributed by atoms with Gasteiger partial charge in [-0.15, -0.1) is 22.9 Å². The van der Waals surface area contributed by atoms with Gasteiger partial charge in [0, 0.05) is 18.5 Å². The van der Waals surface area contributed by atoms with Gasteiger partial charge in [0.15, 0.2) is 0 Å². The van der Waals surface area contributed by atoms with Gasteiger partial charge in [-0.25, -0.2) is 0 Å². The Morgan fingerprint density at radius 1 is 1.67 bits per heavy atom. The first-order valence-electron chi connectivity index (χ1n) is 4.84. The van der Waals surface area contributed by atoms with Gasteiger partial charge in [0.05, 0.1) is 13.8 Å². The maximum atomic E-state index is 12.0. The lowest BCUT2D eigenvalue weighted by Crippen LogP contribution is -2.40. The summed E-state index contributed by atoms with van der Waals surface area (Å²) in [4.78, 5) is 13.9. The number of piperidine rings is 1. The van der Waals surface area contributed by atoms with Crippen LogP contribution in [0.15, 0.2) is 11.4 Å². The summed E-state index contributed by atoms with van der Waals surface area (Å²) in [6.07, 6.45) is 2.04. The fourth-order valence-corrected chi connectivity index (χ4v) is 3.36. The molecule has 1 aliphatic heterocycles. The van der Waals surface area contributed by atoms with Crippen LogP contribution in [0, 0.1) is 2.88 Å². The van der Waals surface area contributed by atoms with E-state index in [2.05, 4.69) is 22.6 Å². The minimum Gasteiger partial charge on any atom is -0.337 e. The zero-order valence-electron chi connectivity index (χ0n) is 8.08. The number of thiophene rings is 1. The zero-order chi connectivity index (χ0) is 10.8. The molecule has 1 fully saturated rings. The van der Waals surface area contributed by atoms with Crippen molar-refractivity contribution in [1.29, 1.82) is 0 Å². The Labute approximate surface area is 112 Å². The summed E-state index contributed by atoms with van der Waals surface area (Å²) in [6, 6.07) is 1.94. The maximum Gasteiger partial charge on any atom is 0.254 e. The Morgan fingerprint density at radius 3 is 3.07 bits per heavy atom. The summed E-state index contributed by atoms with van der Waals surface area (Å²) in [5.41, 5.74) is 0.801. The van der Waals surface area contributed by atoms with Crippen LogP contribution in [0.1, 0.15) is 23.2 Å². The standard InChI is InChI=1S/C10H11ClINOS/c11-8-2-1-3-13(5-8)10(14)7-4-9(12)15-6-7/h4,6,8H,1-3,5H2. The van der Waals surface area contributed by atoms with E-state index < -0.39 is 0 Å². The number of rotatable bonds is 1. The van der Waals surface area contributed by atoms with E-state index in [0.717, 1.165) is 27.8 Å². The highest BCUT2D eigenvalue weighted by atomic mass is 127. The molecular weight excluding hydrogens is 345 g/mol. The lowest BCUT2D eigenvalue weighted by atomic mass is 10.1. The van der Waals surface area contributed by atoms with Gasteiger partial charge in [-0.1, -0.05) is 0 Å². The first-order valence-corrected chi connectivity index (χ1v) is 7.23. The normalized spacial score (nSPS) is 21.7. The minimum absolute atomic E-state index is 0.125. The molecule has 5 heteroatoms. The van der Waals surface area contributed by atoms with Gasteiger partial charge in [0.25, 0.3) is 5.91 Å². The highest BCUT2D eigenvalue weighted by Crippen LogP contribution is 2.21. The molecule has 82 valence electrons. The van der Waals surface area contributed by atoms with Crippen LogP contribution < -0.4 is 0 Å². The third-order valence-electron chi connectivity index (χ3n) is 2.47. The topological polar surface area (TPSA) is 20.3 Å². The van der Waals surface area contributed by atoms with E-state index >= 15 is 0 Å². The number of amides is 1. The molecule has 0 aliphatic carbocycles. The van der Waals surface area contributed by atoms with Crippen LogP contribution in [0.2, 0.25) is 0 Å². The third kappa shape index (κ3) is 2.85. The van der Waals surface area contributed by atoms with Crippen molar-refractivity contribution in [1.82, 2.24) is 4.90 Å². The van der Waals surface area contributed by atoms with Crippen molar-refractivity contribution in [2.75, 3.05) is 13.1 Å². The number of halogens is 2. The number of hydrogen-bond acceptors (Lipinski definition) is 2. The van der Waals surface area contributed by atoms with Crippen molar-refractivity contribution >= 4 is 51.4 Å². The Kier molecular flexibility index (Phi) is 3.90. The Bertz CT molecular complexity index is 368. The zero-order valence-corrected chi connectivity index (χ0v) is 11.8. The number of likely N-dealkylation sites (tertiary alicyclic amines) is 1. The van der Waals surface area contributed by atoms with Crippen molar-refractivity contribution in [2.45, 2.75) is 18.2 Å². The number of alkyl halides is 1. The van der Waals surface area contributed by atoms with Gasteiger partial charge in [-0.3, -0.25) is 4.79 Å². The summed E-state index contributed by atoms with van der Waals surface area (Å²) in [5.74, 6) is 0.125. The molecule has 0 radical (unpaired) electrons. The van der Waals surface area contributed by atoms with Gasteiger partial charge in [0.2, 0.25) is 0 Å². The predicted octanol–water partition coefficient (Wildman–Crippen LogP) is 3.20. The molecule has 1 atom stereocenters. The number of carbonyl (C=O) groups excluding carboxylic acids is 1. The van der Waals surface area contributed by atoms with Gasteiger partial charge in [0.1, 0.15) is 0 Å². The van der Waals surface area contributed by atoms with Crippen LogP contribution in [-0.2, 0) is 0 Å². The molecule has 0 spiro atoms. The molecule has 0 N–H and O–H groups in total. The van der Waals surface area contributed by atoms with Gasteiger partial charge >= 0.3 is 0 Å². The second-order valence-corrected chi connectivity index (χ2v) is 7.05. The Hall–Kier alpha value is 0.190. The fourth-order valence-electron chi connectivity index (χ4n) is 1.71. The third-order valence-corrected chi connectivity index (χ3v) is 4.61.